The lowest BCUT2D eigenvalue weighted by Crippen LogP contribution is -2.35. The van der Waals surface area contributed by atoms with E-state index in [4.69, 9.17) is 4.84 Å². The molecule has 0 radical (unpaired) electrons. The number of rotatable bonds is 11. The molecule has 31 heavy (non-hydrogen) atoms. The summed E-state index contributed by atoms with van der Waals surface area (Å²) in [5.74, 6) is -15.4. The Bertz CT molecular complexity index is 881. The summed E-state index contributed by atoms with van der Waals surface area (Å²) in [4.78, 5) is 29.1. The smallest absolute Gasteiger partial charge is 0.316 e. The molecular formula is C21H20F5NO4. The van der Waals surface area contributed by atoms with Gasteiger partial charge < -0.3 is 4.74 Å². The molecule has 1 atom stereocenters. The number of halogens is 5. The van der Waals surface area contributed by atoms with Gasteiger partial charge in [0.2, 0.25) is 41.2 Å². The molecule has 0 saturated heterocycles. The van der Waals surface area contributed by atoms with Crippen LogP contribution in [0.1, 0.15) is 31.7 Å². The van der Waals surface area contributed by atoms with Crippen molar-refractivity contribution < 1.29 is 41.1 Å². The standard InChI is InChI=1S/C21H20F5NO4/c1-2-3-9-14(10-27(12-28)30-11-13-7-5-4-6-8-13)21(29)31-20-18(25)16(23)15(22)17(24)19(20)26/h4-8,12,14H,2-3,9-11H2,1H3. The molecule has 0 aromatic heterocycles. The number of carbonyl (C=O) groups excluding carboxylic acids is 2. The molecule has 168 valence electrons. The first-order valence-electron chi connectivity index (χ1n) is 9.42. The fourth-order valence-electron chi connectivity index (χ4n) is 2.67. The number of ether oxygens (including phenoxy) is 1. The number of unbranched alkanes of at least 4 members (excludes halogenated alkanes) is 1. The van der Waals surface area contributed by atoms with Crippen molar-refractivity contribution in [3.8, 4) is 5.75 Å². The van der Waals surface area contributed by atoms with Crippen LogP contribution in [0.4, 0.5) is 22.0 Å². The zero-order valence-electron chi connectivity index (χ0n) is 16.5. The Morgan fingerprint density at radius 2 is 1.58 bits per heavy atom. The van der Waals surface area contributed by atoms with Gasteiger partial charge in [-0.05, 0) is 12.0 Å². The maximum atomic E-state index is 13.8. The van der Waals surface area contributed by atoms with Gasteiger partial charge in [0.15, 0.2) is 0 Å². The van der Waals surface area contributed by atoms with E-state index in [1.165, 1.54) is 0 Å². The van der Waals surface area contributed by atoms with Crippen LogP contribution < -0.4 is 4.74 Å². The van der Waals surface area contributed by atoms with E-state index in [-0.39, 0.29) is 19.6 Å². The van der Waals surface area contributed by atoms with Crippen molar-refractivity contribution in [1.82, 2.24) is 5.06 Å². The average molecular weight is 445 g/mol. The maximum absolute atomic E-state index is 13.8. The highest BCUT2D eigenvalue weighted by Crippen LogP contribution is 2.30. The van der Waals surface area contributed by atoms with Gasteiger partial charge in [-0.1, -0.05) is 50.1 Å². The molecule has 0 aliphatic heterocycles. The first-order chi connectivity index (χ1) is 14.8. The lowest BCUT2D eigenvalue weighted by Gasteiger charge is -2.23. The molecule has 1 unspecified atom stereocenters. The highest BCUT2D eigenvalue weighted by atomic mass is 19.2. The van der Waals surface area contributed by atoms with Crippen LogP contribution in [0.25, 0.3) is 0 Å². The van der Waals surface area contributed by atoms with Crippen LogP contribution in [0.3, 0.4) is 0 Å². The number of hydrogen-bond donors (Lipinski definition) is 0. The second kappa shape index (κ2) is 11.4. The molecule has 1 amide bonds. The van der Waals surface area contributed by atoms with Gasteiger partial charge in [-0.15, -0.1) is 0 Å². The fraction of sp³-hybridized carbons (Fsp3) is 0.333. The molecule has 0 fully saturated rings. The predicted molar refractivity (Wildman–Crippen MR) is 98.9 cm³/mol. The summed E-state index contributed by atoms with van der Waals surface area (Å²) in [6.07, 6.45) is 1.55. The van der Waals surface area contributed by atoms with Gasteiger partial charge in [0.05, 0.1) is 12.5 Å². The van der Waals surface area contributed by atoms with Crippen LogP contribution >= 0.6 is 0 Å². The molecule has 0 aliphatic carbocycles. The number of carbonyl (C=O) groups is 2. The number of hydrogen-bond acceptors (Lipinski definition) is 4. The van der Waals surface area contributed by atoms with E-state index in [0.717, 1.165) is 10.6 Å². The Morgan fingerprint density at radius 1 is 1.00 bits per heavy atom. The zero-order chi connectivity index (χ0) is 23.0. The molecule has 0 bridgehead atoms. The fourth-order valence-corrected chi connectivity index (χ4v) is 2.67. The number of esters is 1. The lowest BCUT2D eigenvalue weighted by molar-refractivity contribution is -0.183. The maximum Gasteiger partial charge on any atom is 0.316 e. The number of benzene rings is 2. The van der Waals surface area contributed by atoms with Gasteiger partial charge in [0.1, 0.15) is 6.61 Å². The quantitative estimate of drug-likeness (QED) is 0.0959. The molecule has 0 N–H and O–H groups in total. The first kappa shape index (κ1) is 24.3. The van der Waals surface area contributed by atoms with Gasteiger partial charge >= 0.3 is 5.97 Å². The third-order valence-electron chi connectivity index (χ3n) is 4.37. The second-order valence-corrected chi connectivity index (χ2v) is 6.62. The molecule has 2 aromatic carbocycles. The Labute approximate surface area is 175 Å². The van der Waals surface area contributed by atoms with Crippen molar-refractivity contribution in [1.29, 1.82) is 0 Å². The van der Waals surface area contributed by atoms with Crippen molar-refractivity contribution in [3.05, 3.63) is 65.0 Å². The Hall–Kier alpha value is -3.01. The minimum atomic E-state index is -2.36. The summed E-state index contributed by atoms with van der Waals surface area (Å²) in [6, 6.07) is 8.80. The van der Waals surface area contributed by atoms with E-state index in [9.17, 15) is 31.5 Å². The second-order valence-electron chi connectivity index (χ2n) is 6.62. The molecular weight excluding hydrogens is 425 g/mol. The number of nitrogens with zero attached hydrogens (tertiary/aromatic N) is 1. The molecule has 5 nitrogen and oxygen atoms in total. The topological polar surface area (TPSA) is 55.8 Å². The van der Waals surface area contributed by atoms with E-state index >= 15 is 0 Å². The SMILES string of the molecule is CCCCC(CN(C=O)OCc1ccccc1)C(=O)Oc1c(F)c(F)c(F)c(F)c1F. The van der Waals surface area contributed by atoms with Crippen LogP contribution in [0.15, 0.2) is 30.3 Å². The van der Waals surface area contributed by atoms with Crippen molar-refractivity contribution in [3.63, 3.8) is 0 Å². The van der Waals surface area contributed by atoms with E-state index in [1.54, 1.807) is 30.3 Å². The molecule has 2 rings (SSSR count). The number of hydroxylamine groups is 2. The molecule has 0 aliphatic rings. The average Bonchev–Trinajstić information content (AvgIpc) is 2.79. The minimum Gasteiger partial charge on any atom is -0.420 e. The van der Waals surface area contributed by atoms with Gasteiger partial charge in [-0.2, -0.15) is 8.78 Å². The Morgan fingerprint density at radius 3 is 2.13 bits per heavy atom. The monoisotopic (exact) mass is 445 g/mol. The predicted octanol–water partition coefficient (Wildman–Crippen LogP) is 4.68. The zero-order valence-corrected chi connectivity index (χ0v) is 16.5. The molecule has 0 heterocycles. The summed E-state index contributed by atoms with van der Waals surface area (Å²) in [5.41, 5.74) is 0.739. The minimum absolute atomic E-state index is 0.00671. The molecule has 2 aromatic rings. The van der Waals surface area contributed by atoms with E-state index in [0.29, 0.717) is 19.3 Å². The summed E-state index contributed by atoms with van der Waals surface area (Å²) in [5, 5.41) is 0.813. The molecule has 0 saturated carbocycles. The van der Waals surface area contributed by atoms with Crippen molar-refractivity contribution in [2.75, 3.05) is 6.54 Å². The summed E-state index contributed by atoms with van der Waals surface area (Å²) in [6.45, 7) is 1.48. The Balaban J connectivity index is 2.15. The van der Waals surface area contributed by atoms with Crippen molar-refractivity contribution in [2.24, 2.45) is 5.92 Å². The lowest BCUT2D eigenvalue weighted by atomic mass is 10.0. The summed E-state index contributed by atoms with van der Waals surface area (Å²) >= 11 is 0. The summed E-state index contributed by atoms with van der Waals surface area (Å²) < 4.78 is 72.1. The van der Waals surface area contributed by atoms with Crippen molar-refractivity contribution >= 4 is 12.4 Å². The van der Waals surface area contributed by atoms with Crippen LogP contribution in [-0.4, -0.2) is 24.0 Å². The van der Waals surface area contributed by atoms with Crippen molar-refractivity contribution in [2.45, 2.75) is 32.8 Å². The van der Waals surface area contributed by atoms with Crippen LogP contribution in [0.2, 0.25) is 0 Å². The third-order valence-corrected chi connectivity index (χ3v) is 4.37. The van der Waals surface area contributed by atoms with Crippen LogP contribution in [-0.2, 0) is 21.0 Å². The normalized spacial score (nSPS) is 11.8. The highest BCUT2D eigenvalue weighted by molar-refractivity contribution is 5.75. The largest absolute Gasteiger partial charge is 0.420 e. The van der Waals surface area contributed by atoms with Crippen LogP contribution in [0.5, 0.6) is 5.75 Å². The van der Waals surface area contributed by atoms with Gasteiger partial charge in [0.25, 0.3) is 0 Å². The summed E-state index contributed by atoms with van der Waals surface area (Å²) in [7, 11) is 0. The Kier molecular flexibility index (Phi) is 8.92. The van der Waals surface area contributed by atoms with Gasteiger partial charge in [0, 0.05) is 0 Å². The van der Waals surface area contributed by atoms with Gasteiger partial charge in [-0.25, -0.2) is 18.2 Å². The molecule has 10 heteroatoms. The molecule has 0 spiro atoms. The van der Waals surface area contributed by atoms with E-state index in [1.807, 2.05) is 6.92 Å². The number of amides is 1. The highest BCUT2D eigenvalue weighted by Gasteiger charge is 2.31. The van der Waals surface area contributed by atoms with Gasteiger partial charge in [-0.3, -0.25) is 14.4 Å². The third kappa shape index (κ3) is 6.24. The van der Waals surface area contributed by atoms with E-state index in [2.05, 4.69) is 4.74 Å². The van der Waals surface area contributed by atoms with Crippen LogP contribution in [0, 0.1) is 35.0 Å². The first-order valence-corrected chi connectivity index (χ1v) is 9.42. The van der Waals surface area contributed by atoms with E-state index < -0.39 is 46.7 Å².